The summed E-state index contributed by atoms with van der Waals surface area (Å²) in [4.78, 5) is 26.5. The van der Waals surface area contributed by atoms with E-state index in [2.05, 4.69) is 5.32 Å². The minimum Gasteiger partial charge on any atom is -0.493 e. The smallest absolute Gasteiger partial charge is 0.493 e. The van der Waals surface area contributed by atoms with Crippen molar-refractivity contribution in [3.63, 3.8) is 0 Å². The fraction of sp³-hybridized carbons (Fsp3) is 0.320. The first-order valence-corrected chi connectivity index (χ1v) is 11.5. The number of carbonyl (C=O) groups is 2. The SMILES string of the molecule is N#CC(=Cc1cccc(OCCC(=O)N[C@@H](Cc2ccccc2)OB(O)O)c1)C(=O)N1CCOCC1. The van der Waals surface area contributed by atoms with Gasteiger partial charge in [0.1, 0.15) is 23.6 Å². The minimum atomic E-state index is -2.03. The highest BCUT2D eigenvalue weighted by Gasteiger charge is 2.21. The van der Waals surface area contributed by atoms with Crippen LogP contribution in [0.5, 0.6) is 5.75 Å². The lowest BCUT2D eigenvalue weighted by Crippen LogP contribution is -2.42. The number of rotatable bonds is 11. The van der Waals surface area contributed by atoms with E-state index in [4.69, 9.17) is 24.2 Å². The Labute approximate surface area is 209 Å². The molecule has 3 rings (SSSR count). The quantitative estimate of drug-likeness (QED) is 0.182. The summed E-state index contributed by atoms with van der Waals surface area (Å²) < 4.78 is 15.9. The van der Waals surface area contributed by atoms with E-state index in [0.29, 0.717) is 37.6 Å². The molecule has 36 heavy (non-hydrogen) atoms. The van der Waals surface area contributed by atoms with Crippen LogP contribution in [0, 0.1) is 11.3 Å². The largest absolute Gasteiger partial charge is 0.635 e. The average Bonchev–Trinajstić information content (AvgIpc) is 2.88. The number of carbonyl (C=O) groups excluding carboxylic acids is 2. The maximum atomic E-state index is 12.6. The first-order valence-electron chi connectivity index (χ1n) is 11.5. The molecule has 10 nitrogen and oxygen atoms in total. The Morgan fingerprint density at radius 1 is 1.17 bits per heavy atom. The van der Waals surface area contributed by atoms with Gasteiger partial charge < -0.3 is 34.4 Å². The molecule has 0 radical (unpaired) electrons. The molecular formula is C25H28BN3O7. The van der Waals surface area contributed by atoms with Crippen LogP contribution in [0.3, 0.4) is 0 Å². The molecule has 0 aliphatic carbocycles. The predicted molar refractivity (Wildman–Crippen MR) is 131 cm³/mol. The van der Waals surface area contributed by atoms with Crippen molar-refractivity contribution in [2.75, 3.05) is 32.9 Å². The standard InChI is InChI=1S/C25H28BN3O7/c27-18-21(25(31)29-10-13-34-14-11-29)15-20-7-4-8-22(16-20)35-12-9-23(30)28-24(36-26(32)33)17-19-5-2-1-3-6-19/h1-8,15-16,24,32-33H,9-14,17H2,(H,28,30)/t24-/m1/s1. The molecule has 0 bridgehead atoms. The fourth-order valence-electron chi connectivity index (χ4n) is 3.56. The van der Waals surface area contributed by atoms with E-state index in [9.17, 15) is 14.9 Å². The van der Waals surface area contributed by atoms with Gasteiger partial charge in [0, 0.05) is 19.5 Å². The van der Waals surface area contributed by atoms with Crippen LogP contribution in [-0.2, 0) is 25.4 Å². The molecule has 0 aromatic heterocycles. The molecule has 1 atom stereocenters. The van der Waals surface area contributed by atoms with E-state index >= 15 is 0 Å². The van der Waals surface area contributed by atoms with Crippen LogP contribution in [0.4, 0.5) is 0 Å². The van der Waals surface area contributed by atoms with Crippen LogP contribution in [0.15, 0.2) is 60.2 Å². The average molecular weight is 493 g/mol. The number of ether oxygens (including phenoxy) is 2. The van der Waals surface area contributed by atoms with Crippen molar-refractivity contribution in [1.82, 2.24) is 10.2 Å². The van der Waals surface area contributed by atoms with Crippen LogP contribution < -0.4 is 10.1 Å². The summed E-state index contributed by atoms with van der Waals surface area (Å²) in [6.45, 7) is 1.83. The molecule has 1 aliphatic rings. The second-order valence-corrected chi connectivity index (χ2v) is 7.95. The van der Waals surface area contributed by atoms with E-state index < -0.39 is 19.5 Å². The van der Waals surface area contributed by atoms with Crippen molar-refractivity contribution in [2.45, 2.75) is 19.1 Å². The van der Waals surface area contributed by atoms with E-state index in [-0.39, 0.29) is 30.9 Å². The van der Waals surface area contributed by atoms with E-state index in [1.807, 2.05) is 36.4 Å². The second kappa shape index (κ2) is 14.0. The Morgan fingerprint density at radius 3 is 2.61 bits per heavy atom. The minimum absolute atomic E-state index is 0.00476. The first kappa shape index (κ1) is 26.9. The van der Waals surface area contributed by atoms with Gasteiger partial charge in [0.05, 0.1) is 26.2 Å². The summed E-state index contributed by atoms with van der Waals surface area (Å²) in [5.74, 6) is -0.268. The normalized spacial score (nSPS) is 14.5. The molecule has 1 saturated heterocycles. The number of nitrogens with zero attached hydrogens (tertiary/aromatic N) is 2. The topological polar surface area (TPSA) is 141 Å². The van der Waals surface area contributed by atoms with Crippen LogP contribution in [0.2, 0.25) is 0 Å². The predicted octanol–water partition coefficient (Wildman–Crippen LogP) is 0.892. The zero-order valence-electron chi connectivity index (χ0n) is 19.7. The van der Waals surface area contributed by atoms with Crippen molar-refractivity contribution in [3.05, 3.63) is 71.3 Å². The molecule has 0 spiro atoms. The Bertz CT molecular complexity index is 1080. The molecule has 1 aliphatic heterocycles. The summed E-state index contributed by atoms with van der Waals surface area (Å²) in [6.07, 6.45) is 0.823. The van der Waals surface area contributed by atoms with Crippen LogP contribution >= 0.6 is 0 Å². The summed E-state index contributed by atoms with van der Waals surface area (Å²) in [5, 5.41) is 30.4. The first-order chi connectivity index (χ1) is 17.4. The van der Waals surface area contributed by atoms with Gasteiger partial charge in [-0.25, -0.2) is 0 Å². The van der Waals surface area contributed by atoms with Crippen molar-refractivity contribution >= 4 is 25.2 Å². The molecule has 0 unspecified atom stereocenters. The number of benzene rings is 2. The molecule has 2 amide bonds. The molecule has 1 fully saturated rings. The molecule has 1 heterocycles. The maximum Gasteiger partial charge on any atom is 0.635 e. The number of morpholine rings is 1. The van der Waals surface area contributed by atoms with E-state index in [1.54, 1.807) is 29.2 Å². The van der Waals surface area contributed by atoms with Crippen LogP contribution in [0.1, 0.15) is 17.5 Å². The molecule has 188 valence electrons. The number of amides is 2. The van der Waals surface area contributed by atoms with E-state index in [0.717, 1.165) is 5.56 Å². The molecule has 2 aromatic rings. The lowest BCUT2D eigenvalue weighted by Gasteiger charge is -2.26. The fourth-order valence-corrected chi connectivity index (χ4v) is 3.56. The van der Waals surface area contributed by atoms with Crippen molar-refractivity contribution in [2.24, 2.45) is 0 Å². The number of nitrogens with one attached hydrogen (secondary N) is 1. The van der Waals surface area contributed by atoms with Crippen molar-refractivity contribution in [1.29, 1.82) is 5.26 Å². The van der Waals surface area contributed by atoms with Gasteiger partial charge in [0.25, 0.3) is 5.91 Å². The zero-order valence-corrected chi connectivity index (χ0v) is 19.7. The van der Waals surface area contributed by atoms with Crippen LogP contribution in [-0.4, -0.2) is 73.2 Å². The highest BCUT2D eigenvalue weighted by Crippen LogP contribution is 2.17. The van der Waals surface area contributed by atoms with Gasteiger partial charge in [-0.05, 0) is 29.3 Å². The highest BCUT2D eigenvalue weighted by molar-refractivity contribution is 6.32. The number of hydrogen-bond acceptors (Lipinski definition) is 8. The Kier molecular flexibility index (Phi) is 10.5. The number of nitriles is 1. The second-order valence-electron chi connectivity index (χ2n) is 7.95. The Hall–Kier alpha value is -3.69. The van der Waals surface area contributed by atoms with Gasteiger partial charge in [-0.3, -0.25) is 9.59 Å². The van der Waals surface area contributed by atoms with Gasteiger partial charge >= 0.3 is 7.32 Å². The van der Waals surface area contributed by atoms with Crippen molar-refractivity contribution in [3.8, 4) is 11.8 Å². The van der Waals surface area contributed by atoms with Gasteiger partial charge in [-0.1, -0.05) is 42.5 Å². The van der Waals surface area contributed by atoms with Crippen LogP contribution in [0.25, 0.3) is 6.08 Å². The Balaban J connectivity index is 1.53. The van der Waals surface area contributed by atoms with Gasteiger partial charge in [0.15, 0.2) is 0 Å². The number of hydrogen-bond donors (Lipinski definition) is 3. The zero-order chi connectivity index (χ0) is 25.8. The monoisotopic (exact) mass is 493 g/mol. The lowest BCUT2D eigenvalue weighted by molar-refractivity contribution is -0.130. The third kappa shape index (κ3) is 8.83. The Morgan fingerprint density at radius 2 is 1.92 bits per heavy atom. The third-order valence-corrected chi connectivity index (χ3v) is 5.29. The highest BCUT2D eigenvalue weighted by atomic mass is 16.6. The van der Waals surface area contributed by atoms with Gasteiger partial charge in [0.2, 0.25) is 5.91 Å². The molecule has 3 N–H and O–H groups in total. The summed E-state index contributed by atoms with van der Waals surface area (Å²) in [7, 11) is -2.03. The third-order valence-electron chi connectivity index (χ3n) is 5.29. The van der Waals surface area contributed by atoms with Gasteiger partial charge in [-0.2, -0.15) is 5.26 Å². The van der Waals surface area contributed by atoms with Crippen molar-refractivity contribution < 1.29 is 33.8 Å². The summed E-state index contributed by atoms with van der Waals surface area (Å²) >= 11 is 0. The lowest BCUT2D eigenvalue weighted by atomic mass is 10.1. The molecule has 0 saturated carbocycles. The van der Waals surface area contributed by atoms with E-state index in [1.165, 1.54) is 6.08 Å². The summed E-state index contributed by atoms with van der Waals surface area (Å²) in [5.41, 5.74) is 1.49. The summed E-state index contributed by atoms with van der Waals surface area (Å²) in [6, 6.07) is 18.0. The molecule has 2 aromatic carbocycles. The van der Waals surface area contributed by atoms with Gasteiger partial charge in [-0.15, -0.1) is 0 Å². The maximum absolute atomic E-state index is 12.6. The molecule has 11 heteroatoms. The molecular weight excluding hydrogens is 465 g/mol.